The Bertz CT molecular complexity index is 910. The number of ether oxygens (including phenoxy) is 1. The Labute approximate surface area is 178 Å². The zero-order valence-corrected chi connectivity index (χ0v) is 17.5. The van der Waals surface area contributed by atoms with Crippen LogP contribution in [0.15, 0.2) is 60.8 Å². The van der Waals surface area contributed by atoms with Crippen LogP contribution in [-0.2, 0) is 13.1 Å². The second kappa shape index (κ2) is 9.89. The summed E-state index contributed by atoms with van der Waals surface area (Å²) in [6.45, 7) is 4.94. The normalized spacial score (nSPS) is 17.9. The van der Waals surface area contributed by atoms with Gasteiger partial charge in [-0.05, 0) is 36.2 Å². The van der Waals surface area contributed by atoms with Crippen LogP contribution in [0.3, 0.4) is 0 Å². The fraction of sp³-hybridized carbons (Fsp3) is 0.375. The van der Waals surface area contributed by atoms with E-state index in [0.717, 1.165) is 56.2 Å². The van der Waals surface area contributed by atoms with Crippen molar-refractivity contribution in [3.8, 4) is 17.0 Å². The van der Waals surface area contributed by atoms with Crippen LogP contribution in [-0.4, -0.2) is 64.5 Å². The second-order valence-electron chi connectivity index (χ2n) is 7.86. The highest BCUT2D eigenvalue weighted by Crippen LogP contribution is 2.26. The van der Waals surface area contributed by atoms with E-state index in [4.69, 9.17) is 4.74 Å². The zero-order chi connectivity index (χ0) is 20.8. The highest BCUT2D eigenvalue weighted by molar-refractivity contribution is 5.63. The Hall–Kier alpha value is -2.67. The van der Waals surface area contributed by atoms with Gasteiger partial charge in [-0.2, -0.15) is 5.10 Å². The number of methoxy groups -OCH3 is 1. The highest BCUT2D eigenvalue weighted by atomic mass is 16.5. The van der Waals surface area contributed by atoms with E-state index in [9.17, 15) is 5.11 Å². The molecule has 2 N–H and O–H groups in total. The monoisotopic (exact) mass is 406 g/mol. The number of hydrogen-bond acceptors (Lipinski definition) is 5. The summed E-state index contributed by atoms with van der Waals surface area (Å²) < 4.78 is 5.27. The number of aliphatic hydroxyl groups excluding tert-OH is 1. The van der Waals surface area contributed by atoms with Gasteiger partial charge in [0.2, 0.25) is 0 Å². The van der Waals surface area contributed by atoms with Crippen LogP contribution in [0, 0.1) is 0 Å². The van der Waals surface area contributed by atoms with Gasteiger partial charge in [0.05, 0.1) is 19.0 Å². The molecule has 1 aliphatic heterocycles. The van der Waals surface area contributed by atoms with Crippen molar-refractivity contribution in [1.29, 1.82) is 0 Å². The number of aliphatic hydroxyl groups is 1. The molecule has 0 saturated carbocycles. The molecule has 30 heavy (non-hydrogen) atoms. The first-order chi connectivity index (χ1) is 14.8. The fourth-order valence-corrected chi connectivity index (χ4v) is 4.23. The molecule has 3 aromatic rings. The predicted octanol–water partition coefficient (Wildman–Crippen LogP) is 3.15. The summed E-state index contributed by atoms with van der Waals surface area (Å²) in [6, 6.07) is 19.0. The minimum absolute atomic E-state index is 0.215. The molecule has 0 radical (unpaired) electrons. The van der Waals surface area contributed by atoms with Crippen LogP contribution in [0.5, 0.6) is 5.75 Å². The number of aromatic amines is 1. The van der Waals surface area contributed by atoms with E-state index in [-0.39, 0.29) is 6.61 Å². The van der Waals surface area contributed by atoms with Gasteiger partial charge in [0.25, 0.3) is 0 Å². The maximum absolute atomic E-state index is 9.61. The van der Waals surface area contributed by atoms with Gasteiger partial charge in [-0.15, -0.1) is 0 Å². The summed E-state index contributed by atoms with van der Waals surface area (Å²) in [6.07, 6.45) is 2.72. The number of hydrogen-bond donors (Lipinski definition) is 2. The fourth-order valence-electron chi connectivity index (χ4n) is 4.23. The maximum atomic E-state index is 9.61. The van der Waals surface area contributed by atoms with Crippen molar-refractivity contribution in [2.45, 2.75) is 25.6 Å². The van der Waals surface area contributed by atoms with Gasteiger partial charge in [0, 0.05) is 56.5 Å². The molecule has 6 nitrogen and oxygen atoms in total. The average molecular weight is 407 g/mol. The number of aromatic nitrogens is 2. The number of nitrogens with one attached hydrogen (secondary N) is 1. The van der Waals surface area contributed by atoms with E-state index in [1.807, 2.05) is 18.3 Å². The quantitative estimate of drug-likeness (QED) is 0.602. The summed E-state index contributed by atoms with van der Waals surface area (Å²) in [5.74, 6) is 0.848. The van der Waals surface area contributed by atoms with Crippen LogP contribution in [0.1, 0.15) is 17.5 Å². The lowest BCUT2D eigenvalue weighted by Crippen LogP contribution is -2.52. The lowest BCUT2D eigenvalue weighted by atomic mass is 10.0. The smallest absolute Gasteiger partial charge is 0.118 e. The molecule has 1 unspecified atom stereocenters. The lowest BCUT2D eigenvalue weighted by Gasteiger charge is -2.41. The van der Waals surface area contributed by atoms with Crippen molar-refractivity contribution in [2.24, 2.45) is 0 Å². The second-order valence-corrected chi connectivity index (χ2v) is 7.86. The van der Waals surface area contributed by atoms with E-state index in [1.54, 1.807) is 7.11 Å². The standard InChI is InChI=1S/C24H30N4O2/c1-30-23-9-7-20(8-10-23)24-21(15-25-26-24)17-27-12-13-28(22(18-27)11-14-29)16-19-5-3-2-4-6-19/h2-10,15,22,29H,11-14,16-18H2,1H3,(H,25,26). The van der Waals surface area contributed by atoms with Crippen molar-refractivity contribution in [3.63, 3.8) is 0 Å². The maximum Gasteiger partial charge on any atom is 0.118 e. The van der Waals surface area contributed by atoms with Crippen molar-refractivity contribution in [3.05, 3.63) is 71.9 Å². The molecule has 2 aromatic carbocycles. The van der Waals surface area contributed by atoms with E-state index in [1.165, 1.54) is 11.1 Å². The molecule has 1 atom stereocenters. The molecule has 2 heterocycles. The van der Waals surface area contributed by atoms with Gasteiger partial charge in [-0.1, -0.05) is 30.3 Å². The molecule has 6 heteroatoms. The first kappa shape index (κ1) is 20.6. The summed E-state index contributed by atoms with van der Waals surface area (Å²) >= 11 is 0. The average Bonchev–Trinajstić information content (AvgIpc) is 3.24. The van der Waals surface area contributed by atoms with Crippen molar-refractivity contribution < 1.29 is 9.84 Å². The summed E-state index contributed by atoms with van der Waals surface area (Å²) in [7, 11) is 1.68. The van der Waals surface area contributed by atoms with Gasteiger partial charge in [0.1, 0.15) is 5.75 Å². The third kappa shape index (κ3) is 4.90. The Morgan fingerprint density at radius 3 is 2.60 bits per heavy atom. The summed E-state index contributed by atoms with van der Waals surface area (Å²) in [4.78, 5) is 4.97. The van der Waals surface area contributed by atoms with Crippen molar-refractivity contribution in [2.75, 3.05) is 33.4 Å². The SMILES string of the molecule is COc1ccc(-c2[nH]ncc2CN2CCN(Cc3ccccc3)C(CCO)C2)cc1. The predicted molar refractivity (Wildman–Crippen MR) is 118 cm³/mol. The molecule has 0 spiro atoms. The topological polar surface area (TPSA) is 64.6 Å². The van der Waals surface area contributed by atoms with Gasteiger partial charge < -0.3 is 9.84 Å². The third-order valence-electron chi connectivity index (χ3n) is 5.87. The Morgan fingerprint density at radius 1 is 1.07 bits per heavy atom. The van der Waals surface area contributed by atoms with Crippen LogP contribution in [0.2, 0.25) is 0 Å². The molecule has 1 aromatic heterocycles. The Balaban J connectivity index is 1.43. The molecule has 0 amide bonds. The van der Waals surface area contributed by atoms with Crippen molar-refractivity contribution in [1.82, 2.24) is 20.0 Å². The molecular weight excluding hydrogens is 376 g/mol. The van der Waals surface area contributed by atoms with Crippen LogP contribution in [0.25, 0.3) is 11.3 Å². The van der Waals surface area contributed by atoms with E-state index >= 15 is 0 Å². The third-order valence-corrected chi connectivity index (χ3v) is 5.87. The van der Waals surface area contributed by atoms with Gasteiger partial charge >= 0.3 is 0 Å². The van der Waals surface area contributed by atoms with E-state index in [2.05, 4.69) is 62.5 Å². The minimum atomic E-state index is 0.215. The van der Waals surface area contributed by atoms with Crippen LogP contribution in [0.4, 0.5) is 0 Å². The van der Waals surface area contributed by atoms with Crippen molar-refractivity contribution >= 4 is 0 Å². The highest BCUT2D eigenvalue weighted by Gasteiger charge is 2.27. The van der Waals surface area contributed by atoms with E-state index in [0.29, 0.717) is 6.04 Å². The molecule has 0 bridgehead atoms. The largest absolute Gasteiger partial charge is 0.497 e. The van der Waals surface area contributed by atoms with Gasteiger partial charge in [0.15, 0.2) is 0 Å². The van der Waals surface area contributed by atoms with E-state index < -0.39 is 0 Å². The molecular formula is C24H30N4O2. The van der Waals surface area contributed by atoms with Crippen LogP contribution >= 0.6 is 0 Å². The number of H-pyrrole nitrogens is 1. The van der Waals surface area contributed by atoms with Gasteiger partial charge in [-0.25, -0.2) is 0 Å². The first-order valence-electron chi connectivity index (χ1n) is 10.5. The molecule has 0 aliphatic carbocycles. The lowest BCUT2D eigenvalue weighted by molar-refractivity contribution is 0.0500. The number of nitrogens with zero attached hydrogens (tertiary/aromatic N) is 3. The number of benzene rings is 2. The molecule has 158 valence electrons. The Kier molecular flexibility index (Phi) is 6.79. The first-order valence-corrected chi connectivity index (χ1v) is 10.5. The Morgan fingerprint density at radius 2 is 1.87 bits per heavy atom. The zero-order valence-electron chi connectivity index (χ0n) is 17.5. The number of piperazine rings is 1. The minimum Gasteiger partial charge on any atom is -0.497 e. The summed E-state index contributed by atoms with van der Waals surface area (Å²) in [5, 5.41) is 17.1. The molecule has 1 saturated heterocycles. The molecule has 4 rings (SSSR count). The van der Waals surface area contributed by atoms with Gasteiger partial charge in [-0.3, -0.25) is 14.9 Å². The molecule has 1 aliphatic rings. The number of rotatable bonds is 8. The summed E-state index contributed by atoms with van der Waals surface area (Å²) in [5.41, 5.74) is 4.69. The molecule has 1 fully saturated rings. The van der Waals surface area contributed by atoms with Crippen LogP contribution < -0.4 is 4.74 Å².